The van der Waals surface area contributed by atoms with Gasteiger partial charge in [-0.2, -0.15) is 0 Å². The fraction of sp³-hybridized carbons (Fsp3) is 0.222. The van der Waals surface area contributed by atoms with E-state index >= 15 is 0 Å². The largest absolute Gasteiger partial charge is 0.342 e. The Morgan fingerprint density at radius 1 is 0.636 bits per heavy atom. The van der Waals surface area contributed by atoms with E-state index in [9.17, 15) is 9.59 Å². The zero-order valence-electron chi connectivity index (χ0n) is 12.2. The van der Waals surface area contributed by atoms with E-state index < -0.39 is 12.1 Å². The minimum Gasteiger partial charge on any atom is -0.342 e. The van der Waals surface area contributed by atoms with Crippen LogP contribution in [0.2, 0.25) is 0 Å². The van der Waals surface area contributed by atoms with Gasteiger partial charge in [0.05, 0.1) is 0 Å². The Labute approximate surface area is 129 Å². The van der Waals surface area contributed by atoms with Gasteiger partial charge in [-0.3, -0.25) is 9.59 Å². The second-order valence-electron chi connectivity index (χ2n) is 5.50. The maximum Gasteiger partial charge on any atom is 0.243 e. The van der Waals surface area contributed by atoms with E-state index in [0.29, 0.717) is 12.8 Å². The van der Waals surface area contributed by atoms with Gasteiger partial charge in [0, 0.05) is 12.8 Å². The molecule has 2 atom stereocenters. The van der Waals surface area contributed by atoms with Gasteiger partial charge in [0.15, 0.2) is 0 Å². The van der Waals surface area contributed by atoms with Crippen molar-refractivity contribution >= 4 is 11.8 Å². The Hall–Kier alpha value is -2.62. The fourth-order valence-corrected chi connectivity index (χ4v) is 2.66. The Balaban J connectivity index is 1.64. The number of piperazine rings is 1. The summed E-state index contributed by atoms with van der Waals surface area (Å²) in [6.45, 7) is 0. The van der Waals surface area contributed by atoms with Crippen LogP contribution in [0.4, 0.5) is 0 Å². The number of carbonyl (C=O) groups is 2. The minimum absolute atomic E-state index is 0.121. The molecule has 0 aliphatic carbocycles. The van der Waals surface area contributed by atoms with Gasteiger partial charge in [0.2, 0.25) is 11.8 Å². The summed E-state index contributed by atoms with van der Waals surface area (Å²) in [6.07, 6.45) is 1.02. The number of nitrogens with one attached hydrogen (secondary N) is 2. The molecule has 0 bridgehead atoms. The van der Waals surface area contributed by atoms with Gasteiger partial charge in [0.1, 0.15) is 12.1 Å². The molecule has 2 aromatic rings. The predicted octanol–water partition coefficient (Wildman–Crippen LogP) is 1.45. The molecule has 112 valence electrons. The maximum absolute atomic E-state index is 12.2. The molecule has 1 aliphatic heterocycles. The smallest absolute Gasteiger partial charge is 0.243 e. The molecule has 1 aliphatic rings. The average Bonchev–Trinajstić information content (AvgIpc) is 2.54. The average molecular weight is 294 g/mol. The second kappa shape index (κ2) is 6.43. The van der Waals surface area contributed by atoms with Crippen molar-refractivity contribution in [1.82, 2.24) is 10.6 Å². The molecule has 1 saturated heterocycles. The number of hydrogen-bond acceptors (Lipinski definition) is 2. The molecule has 1 heterocycles. The number of hydrogen-bond donors (Lipinski definition) is 2. The summed E-state index contributed by atoms with van der Waals surface area (Å²) in [7, 11) is 0. The number of amides is 2. The molecule has 2 N–H and O–H groups in total. The maximum atomic E-state index is 12.2. The molecule has 2 aromatic carbocycles. The van der Waals surface area contributed by atoms with Gasteiger partial charge in [-0.15, -0.1) is 0 Å². The van der Waals surface area contributed by atoms with Crippen molar-refractivity contribution in [2.75, 3.05) is 0 Å². The molecule has 0 radical (unpaired) electrons. The van der Waals surface area contributed by atoms with Crippen LogP contribution in [0, 0.1) is 0 Å². The Bertz CT molecular complexity index is 596. The van der Waals surface area contributed by atoms with E-state index in [-0.39, 0.29) is 11.8 Å². The van der Waals surface area contributed by atoms with Crippen molar-refractivity contribution in [2.24, 2.45) is 0 Å². The third-order valence-corrected chi connectivity index (χ3v) is 3.83. The van der Waals surface area contributed by atoms with Crippen LogP contribution in [-0.2, 0) is 22.4 Å². The van der Waals surface area contributed by atoms with E-state index in [1.165, 1.54) is 0 Å². The summed E-state index contributed by atoms with van der Waals surface area (Å²) >= 11 is 0. The zero-order valence-corrected chi connectivity index (χ0v) is 12.2. The highest BCUT2D eigenvalue weighted by Crippen LogP contribution is 2.10. The SMILES string of the molecule is O=C1N[C@H](Cc2ccccc2)C(=O)N[C@@H]1Cc1ccccc1. The van der Waals surface area contributed by atoms with Gasteiger partial charge >= 0.3 is 0 Å². The summed E-state index contributed by atoms with van der Waals surface area (Å²) in [5.41, 5.74) is 2.06. The molecule has 0 aromatic heterocycles. The standard InChI is InChI=1S/C18H18N2O2/c21-17-15(11-13-7-3-1-4-8-13)19-18(22)16(20-17)12-14-9-5-2-6-10-14/h1-10,15-16H,11-12H2,(H,19,22)(H,20,21)/t15-,16-/m1/s1. The van der Waals surface area contributed by atoms with Crippen LogP contribution >= 0.6 is 0 Å². The normalized spacial score (nSPS) is 21.1. The molecular formula is C18H18N2O2. The Morgan fingerprint density at radius 3 is 1.36 bits per heavy atom. The van der Waals surface area contributed by atoms with Gasteiger partial charge in [0.25, 0.3) is 0 Å². The zero-order chi connectivity index (χ0) is 15.4. The van der Waals surface area contributed by atoms with Crippen LogP contribution in [0.25, 0.3) is 0 Å². The second-order valence-corrected chi connectivity index (χ2v) is 5.50. The lowest BCUT2D eigenvalue weighted by molar-refractivity contribution is -0.136. The highest BCUT2D eigenvalue weighted by molar-refractivity contribution is 5.97. The molecule has 3 rings (SSSR count). The molecule has 0 spiro atoms. The first-order valence-corrected chi connectivity index (χ1v) is 7.41. The van der Waals surface area contributed by atoms with E-state index in [1.54, 1.807) is 0 Å². The number of rotatable bonds is 4. The van der Waals surface area contributed by atoms with Crippen LogP contribution in [0.1, 0.15) is 11.1 Å². The van der Waals surface area contributed by atoms with Crippen LogP contribution in [0.3, 0.4) is 0 Å². The van der Waals surface area contributed by atoms with Crippen LogP contribution in [0.5, 0.6) is 0 Å². The first-order valence-electron chi connectivity index (χ1n) is 7.41. The van der Waals surface area contributed by atoms with Crippen molar-refractivity contribution < 1.29 is 9.59 Å². The summed E-state index contributed by atoms with van der Waals surface area (Å²) in [5.74, 6) is -0.242. The van der Waals surface area contributed by atoms with Crippen LogP contribution in [0.15, 0.2) is 60.7 Å². The number of carbonyl (C=O) groups excluding carboxylic acids is 2. The summed E-state index contributed by atoms with van der Waals surface area (Å²) < 4.78 is 0. The number of benzene rings is 2. The highest BCUT2D eigenvalue weighted by Gasteiger charge is 2.33. The summed E-state index contributed by atoms with van der Waals surface area (Å²) in [4.78, 5) is 24.4. The molecule has 2 amide bonds. The van der Waals surface area contributed by atoms with Crippen molar-refractivity contribution in [2.45, 2.75) is 24.9 Å². The third-order valence-electron chi connectivity index (χ3n) is 3.83. The van der Waals surface area contributed by atoms with Gasteiger partial charge in [-0.05, 0) is 11.1 Å². The molecule has 1 fully saturated rings. The first kappa shape index (κ1) is 14.3. The monoisotopic (exact) mass is 294 g/mol. The molecule has 22 heavy (non-hydrogen) atoms. The molecule has 4 nitrogen and oxygen atoms in total. The van der Waals surface area contributed by atoms with Crippen molar-refractivity contribution in [3.05, 3.63) is 71.8 Å². The highest BCUT2D eigenvalue weighted by atomic mass is 16.2. The van der Waals surface area contributed by atoms with Crippen LogP contribution in [-0.4, -0.2) is 23.9 Å². The Kier molecular flexibility index (Phi) is 4.19. The van der Waals surface area contributed by atoms with Gasteiger partial charge < -0.3 is 10.6 Å². The topological polar surface area (TPSA) is 58.2 Å². The van der Waals surface area contributed by atoms with Crippen LogP contribution < -0.4 is 10.6 Å². The molecule has 4 heteroatoms. The minimum atomic E-state index is -0.498. The van der Waals surface area contributed by atoms with Crippen molar-refractivity contribution in [1.29, 1.82) is 0 Å². The first-order chi connectivity index (χ1) is 10.7. The van der Waals surface area contributed by atoms with E-state index in [2.05, 4.69) is 10.6 Å². The van der Waals surface area contributed by atoms with Crippen molar-refractivity contribution in [3.63, 3.8) is 0 Å². The molecule has 0 saturated carbocycles. The van der Waals surface area contributed by atoms with Crippen molar-refractivity contribution in [3.8, 4) is 0 Å². The van der Waals surface area contributed by atoms with E-state index in [4.69, 9.17) is 0 Å². The third kappa shape index (κ3) is 3.34. The summed E-state index contributed by atoms with van der Waals surface area (Å²) in [6, 6.07) is 18.4. The lowest BCUT2D eigenvalue weighted by Crippen LogP contribution is -2.62. The quantitative estimate of drug-likeness (QED) is 0.897. The fourth-order valence-electron chi connectivity index (χ4n) is 2.66. The van der Waals surface area contributed by atoms with E-state index in [1.807, 2.05) is 60.7 Å². The van der Waals surface area contributed by atoms with Gasteiger partial charge in [-0.1, -0.05) is 60.7 Å². The lowest BCUT2D eigenvalue weighted by atomic mass is 9.99. The van der Waals surface area contributed by atoms with Gasteiger partial charge in [-0.25, -0.2) is 0 Å². The van der Waals surface area contributed by atoms with E-state index in [0.717, 1.165) is 11.1 Å². The molecule has 0 unspecified atom stereocenters. The summed E-state index contributed by atoms with van der Waals surface area (Å²) in [5, 5.41) is 5.67. The predicted molar refractivity (Wildman–Crippen MR) is 84.2 cm³/mol. The lowest BCUT2D eigenvalue weighted by Gasteiger charge is -2.29. The molecular weight excluding hydrogens is 276 g/mol. The Morgan fingerprint density at radius 2 is 1.00 bits per heavy atom.